The van der Waals surface area contributed by atoms with Gasteiger partial charge in [0, 0.05) is 17.8 Å². The van der Waals surface area contributed by atoms with E-state index in [-0.39, 0.29) is 32.7 Å². The molecule has 0 aromatic carbocycles. The molecule has 0 spiro atoms. The average molecular weight is 293 g/mol. The van der Waals surface area contributed by atoms with Crippen LogP contribution in [0.1, 0.15) is 32.6 Å². The molecule has 8 heteroatoms. The molecular formula is C14H16LiN5O2. The zero-order chi connectivity index (χ0) is 15.6. The molecule has 0 radical (unpaired) electrons. The molecule has 0 saturated heterocycles. The minimum absolute atomic E-state index is 0. The van der Waals surface area contributed by atoms with Gasteiger partial charge in [-0.15, -0.1) is 0 Å². The Hall–Kier alpha value is -2.28. The van der Waals surface area contributed by atoms with Crippen molar-refractivity contribution in [1.82, 2.24) is 14.8 Å². The molecule has 0 fully saturated rings. The minimum atomic E-state index is -0.943. The molecule has 0 amide bonds. The van der Waals surface area contributed by atoms with Gasteiger partial charge in [-0.2, -0.15) is 10.4 Å². The first kappa shape index (κ1) is 17.8. The van der Waals surface area contributed by atoms with E-state index in [1.807, 2.05) is 13.8 Å². The summed E-state index contributed by atoms with van der Waals surface area (Å²) in [6.07, 6.45) is 1.36. The Kier molecular flexibility index (Phi) is 5.75. The zero-order valence-electron chi connectivity index (χ0n) is 13.7. The number of carboxylic acid groups (broad SMARTS) is 1. The van der Waals surface area contributed by atoms with Gasteiger partial charge in [0.15, 0.2) is 0 Å². The van der Waals surface area contributed by atoms with Gasteiger partial charge in [-0.1, -0.05) is 0 Å². The van der Waals surface area contributed by atoms with E-state index in [2.05, 4.69) is 16.2 Å². The predicted octanol–water partition coefficient (Wildman–Crippen LogP) is -1.28. The summed E-state index contributed by atoms with van der Waals surface area (Å²) in [6, 6.07) is 5.39. The van der Waals surface area contributed by atoms with Crippen molar-refractivity contribution < 1.29 is 30.2 Å². The quantitative estimate of drug-likeness (QED) is 0.678. The summed E-state index contributed by atoms with van der Waals surface area (Å²) < 4.78 is 1.58. The number of rotatable bonds is 4. The number of nitriles is 1. The molecule has 2 aromatic heterocycles. The normalized spacial score (nSPS) is 10.1. The molecule has 22 heavy (non-hydrogen) atoms. The van der Waals surface area contributed by atoms with Crippen LogP contribution in [0.5, 0.6) is 0 Å². The molecule has 0 bridgehead atoms. The number of nitrogens with zero attached hydrogens (tertiary/aromatic N) is 4. The molecule has 0 aliphatic carbocycles. The van der Waals surface area contributed by atoms with Gasteiger partial charge in [0.1, 0.15) is 23.1 Å². The summed E-state index contributed by atoms with van der Waals surface area (Å²) in [5.41, 5.74) is 7.76. The van der Waals surface area contributed by atoms with Crippen LogP contribution in [0, 0.1) is 11.3 Å². The van der Waals surface area contributed by atoms with E-state index < -0.39 is 5.97 Å². The molecule has 0 unspecified atom stereocenters. The van der Waals surface area contributed by atoms with Crippen LogP contribution in [-0.2, 0) is 11.2 Å². The first-order valence-electron chi connectivity index (χ1n) is 6.39. The van der Waals surface area contributed by atoms with Crippen molar-refractivity contribution in [3.63, 3.8) is 0 Å². The van der Waals surface area contributed by atoms with Crippen LogP contribution < -0.4 is 24.6 Å². The summed E-state index contributed by atoms with van der Waals surface area (Å²) in [7, 11) is 0. The van der Waals surface area contributed by atoms with Crippen LogP contribution in [0.15, 0.2) is 18.3 Å². The number of hydrogen-bond acceptors (Lipinski definition) is 5. The topological polar surface area (TPSA) is 118 Å². The number of carbonyl (C=O) groups is 1. The molecule has 2 aromatic rings. The van der Waals surface area contributed by atoms with Crippen molar-refractivity contribution in [2.75, 3.05) is 5.73 Å². The molecular weight excluding hydrogens is 277 g/mol. The average Bonchev–Trinajstić information content (AvgIpc) is 2.76. The predicted molar refractivity (Wildman–Crippen MR) is 77.4 cm³/mol. The molecule has 2 rings (SSSR count). The monoisotopic (exact) mass is 293 g/mol. The minimum Gasteiger partial charge on any atom is -1.00 e. The summed E-state index contributed by atoms with van der Waals surface area (Å²) in [6.45, 7) is 3.84. The zero-order valence-corrected chi connectivity index (χ0v) is 12.7. The summed E-state index contributed by atoms with van der Waals surface area (Å²) in [5.74, 6) is -0.626. The van der Waals surface area contributed by atoms with Gasteiger partial charge >= 0.3 is 24.8 Å². The molecule has 110 valence electrons. The number of carboxylic acids is 1. The number of aliphatic carboxylic acids is 1. The Morgan fingerprint density at radius 3 is 2.68 bits per heavy atom. The van der Waals surface area contributed by atoms with Gasteiger partial charge in [0.2, 0.25) is 0 Å². The fourth-order valence-corrected chi connectivity index (χ4v) is 1.98. The third kappa shape index (κ3) is 3.48. The largest absolute Gasteiger partial charge is 1.00 e. The Bertz CT molecular complexity index is 722. The fourth-order valence-electron chi connectivity index (χ4n) is 1.98. The molecule has 3 N–H and O–H groups in total. The Balaban J connectivity index is 0.00000242. The maximum absolute atomic E-state index is 10.6. The summed E-state index contributed by atoms with van der Waals surface area (Å²) in [4.78, 5) is 14.7. The van der Waals surface area contributed by atoms with Crippen LogP contribution in [0.3, 0.4) is 0 Å². The second-order valence-electron chi connectivity index (χ2n) is 4.87. The SMILES string of the molecule is CC(C)n1nc(-c2ccc(CC(=O)O)nc2)c(C#N)c1N.[H-].[Li+]. The van der Waals surface area contributed by atoms with Crippen molar-refractivity contribution >= 4 is 11.8 Å². The van der Waals surface area contributed by atoms with Crippen molar-refractivity contribution in [2.45, 2.75) is 26.3 Å². The van der Waals surface area contributed by atoms with E-state index in [4.69, 9.17) is 10.8 Å². The van der Waals surface area contributed by atoms with Crippen LogP contribution in [0.4, 0.5) is 5.82 Å². The fraction of sp³-hybridized carbons (Fsp3) is 0.286. The standard InChI is InChI=1S/C14H15N5O2.Li.H/c1-8(2)19-14(16)11(6-15)13(18-19)9-3-4-10(17-7-9)5-12(20)21;;/h3-4,7-8H,5,16H2,1-2H3,(H,20,21);;/q;+1;-1. The molecule has 0 saturated carbocycles. The van der Waals surface area contributed by atoms with Crippen LogP contribution in [0.2, 0.25) is 0 Å². The number of pyridine rings is 1. The van der Waals surface area contributed by atoms with E-state index in [0.717, 1.165) is 0 Å². The van der Waals surface area contributed by atoms with E-state index in [9.17, 15) is 10.1 Å². The van der Waals surface area contributed by atoms with Gasteiger partial charge in [-0.05, 0) is 26.0 Å². The number of nitrogen functional groups attached to an aromatic ring is 1. The Morgan fingerprint density at radius 1 is 1.55 bits per heavy atom. The smallest absolute Gasteiger partial charge is 1.00 e. The van der Waals surface area contributed by atoms with Crippen LogP contribution in [-0.4, -0.2) is 25.8 Å². The first-order valence-corrected chi connectivity index (χ1v) is 6.39. The number of hydrogen-bond donors (Lipinski definition) is 2. The summed E-state index contributed by atoms with van der Waals surface area (Å²) in [5, 5.41) is 22.3. The molecule has 0 aliphatic rings. The molecule has 7 nitrogen and oxygen atoms in total. The molecule has 0 atom stereocenters. The van der Waals surface area contributed by atoms with Crippen molar-refractivity contribution in [3.05, 3.63) is 29.6 Å². The number of aromatic nitrogens is 3. The molecule has 0 aliphatic heterocycles. The van der Waals surface area contributed by atoms with Crippen molar-refractivity contribution in [2.24, 2.45) is 0 Å². The van der Waals surface area contributed by atoms with Gasteiger partial charge < -0.3 is 12.3 Å². The van der Waals surface area contributed by atoms with Gasteiger partial charge in [0.05, 0.1) is 12.1 Å². The van der Waals surface area contributed by atoms with E-state index in [1.165, 1.54) is 6.20 Å². The first-order chi connectivity index (χ1) is 9.93. The Morgan fingerprint density at radius 2 is 2.23 bits per heavy atom. The Labute approximate surface area is 141 Å². The van der Waals surface area contributed by atoms with Gasteiger partial charge in [-0.3, -0.25) is 9.78 Å². The number of nitrogens with two attached hydrogens (primary N) is 1. The third-order valence-corrected chi connectivity index (χ3v) is 2.98. The summed E-state index contributed by atoms with van der Waals surface area (Å²) >= 11 is 0. The second kappa shape index (κ2) is 7.12. The maximum atomic E-state index is 10.6. The van der Waals surface area contributed by atoms with Crippen LogP contribution >= 0.6 is 0 Å². The van der Waals surface area contributed by atoms with E-state index >= 15 is 0 Å². The second-order valence-corrected chi connectivity index (χ2v) is 4.87. The van der Waals surface area contributed by atoms with Gasteiger partial charge in [-0.25, -0.2) is 4.68 Å². The van der Waals surface area contributed by atoms with E-state index in [1.54, 1.807) is 16.8 Å². The number of anilines is 1. The molecule has 2 heterocycles. The van der Waals surface area contributed by atoms with Crippen molar-refractivity contribution in [1.29, 1.82) is 5.26 Å². The van der Waals surface area contributed by atoms with Crippen molar-refractivity contribution in [3.8, 4) is 17.3 Å². The van der Waals surface area contributed by atoms with E-state index in [0.29, 0.717) is 28.3 Å². The van der Waals surface area contributed by atoms with Crippen LogP contribution in [0.25, 0.3) is 11.3 Å². The maximum Gasteiger partial charge on any atom is 1.00 e. The third-order valence-electron chi connectivity index (χ3n) is 2.98. The van der Waals surface area contributed by atoms with Gasteiger partial charge in [0.25, 0.3) is 0 Å².